The molecular formula is C19H18ClNO4. The zero-order valence-corrected chi connectivity index (χ0v) is 14.3. The van der Waals surface area contributed by atoms with Crippen LogP contribution in [0.1, 0.15) is 27.6 Å². The van der Waals surface area contributed by atoms with E-state index in [9.17, 15) is 9.59 Å². The molecule has 0 spiro atoms. The molecule has 1 unspecified atom stereocenters. The van der Waals surface area contributed by atoms with Gasteiger partial charge in [-0.2, -0.15) is 0 Å². The maximum absolute atomic E-state index is 12.6. The van der Waals surface area contributed by atoms with E-state index in [2.05, 4.69) is 0 Å². The second-order valence-electron chi connectivity index (χ2n) is 5.93. The van der Waals surface area contributed by atoms with Crippen LogP contribution in [0.15, 0.2) is 48.5 Å². The van der Waals surface area contributed by atoms with Gasteiger partial charge in [0.1, 0.15) is 6.10 Å². The Hall–Kier alpha value is -2.37. The first-order chi connectivity index (χ1) is 12.0. The Labute approximate surface area is 150 Å². The van der Waals surface area contributed by atoms with Crippen LogP contribution in [0.2, 0.25) is 5.02 Å². The first-order valence-corrected chi connectivity index (χ1v) is 8.38. The molecule has 0 radical (unpaired) electrons. The van der Waals surface area contributed by atoms with E-state index >= 15 is 0 Å². The lowest BCUT2D eigenvalue weighted by atomic mass is 10.1. The van der Waals surface area contributed by atoms with Crippen molar-refractivity contribution in [2.24, 2.45) is 0 Å². The third-order valence-electron chi connectivity index (χ3n) is 4.20. The van der Waals surface area contributed by atoms with Gasteiger partial charge in [0, 0.05) is 11.6 Å². The maximum atomic E-state index is 12.6. The van der Waals surface area contributed by atoms with Crippen LogP contribution in [-0.4, -0.2) is 41.6 Å². The number of carbonyl (C=O) groups excluding carboxylic acids is 1. The first-order valence-electron chi connectivity index (χ1n) is 8.00. The first kappa shape index (κ1) is 17.5. The van der Waals surface area contributed by atoms with Gasteiger partial charge in [0.25, 0.3) is 0 Å². The molecule has 0 aliphatic carbocycles. The number of morpholine rings is 1. The number of carbonyl (C=O) groups is 2. The number of benzene rings is 2. The molecule has 2 aromatic carbocycles. The summed E-state index contributed by atoms with van der Waals surface area (Å²) in [6, 6.07) is 13.8. The van der Waals surface area contributed by atoms with Crippen molar-refractivity contribution in [3.05, 3.63) is 70.2 Å². The molecule has 1 fully saturated rings. The monoisotopic (exact) mass is 359 g/mol. The normalized spacial score (nSPS) is 17.3. The Kier molecular flexibility index (Phi) is 5.36. The van der Waals surface area contributed by atoms with Crippen molar-refractivity contribution in [3.8, 4) is 0 Å². The number of halogens is 1. The summed E-state index contributed by atoms with van der Waals surface area (Å²) >= 11 is 6.03. The minimum atomic E-state index is -0.976. The predicted octanol–water partition coefficient (Wildman–Crippen LogP) is 3.18. The predicted molar refractivity (Wildman–Crippen MR) is 93.8 cm³/mol. The van der Waals surface area contributed by atoms with Gasteiger partial charge in [-0.25, -0.2) is 4.79 Å². The van der Waals surface area contributed by atoms with E-state index < -0.39 is 5.97 Å². The van der Waals surface area contributed by atoms with Crippen LogP contribution in [0.4, 0.5) is 0 Å². The number of amides is 1. The van der Waals surface area contributed by atoms with Crippen molar-refractivity contribution >= 4 is 23.5 Å². The fraction of sp³-hybridized carbons (Fsp3) is 0.263. The molecule has 1 heterocycles. The second-order valence-corrected chi connectivity index (χ2v) is 6.37. The van der Waals surface area contributed by atoms with E-state index in [0.717, 1.165) is 11.1 Å². The van der Waals surface area contributed by atoms with Crippen molar-refractivity contribution in [1.29, 1.82) is 0 Å². The molecule has 1 saturated heterocycles. The molecular weight excluding hydrogens is 342 g/mol. The van der Waals surface area contributed by atoms with Crippen molar-refractivity contribution in [3.63, 3.8) is 0 Å². The number of ether oxygens (including phenoxy) is 1. The van der Waals surface area contributed by atoms with Crippen LogP contribution in [-0.2, 0) is 16.0 Å². The topological polar surface area (TPSA) is 66.8 Å². The number of carboxylic acid groups (broad SMARTS) is 1. The molecule has 0 saturated carbocycles. The number of hydrogen-bond donors (Lipinski definition) is 1. The molecule has 25 heavy (non-hydrogen) atoms. The average Bonchev–Trinajstić information content (AvgIpc) is 2.62. The average molecular weight is 360 g/mol. The summed E-state index contributed by atoms with van der Waals surface area (Å²) < 4.78 is 5.77. The fourth-order valence-corrected chi connectivity index (χ4v) is 3.03. The maximum Gasteiger partial charge on any atom is 0.335 e. The van der Waals surface area contributed by atoms with Crippen LogP contribution in [0.5, 0.6) is 0 Å². The summed E-state index contributed by atoms with van der Waals surface area (Å²) in [6.07, 6.45) is 0.0492. The van der Waals surface area contributed by atoms with Gasteiger partial charge in [-0.05, 0) is 35.4 Å². The highest BCUT2D eigenvalue weighted by Gasteiger charge is 2.25. The van der Waals surface area contributed by atoms with Crippen molar-refractivity contribution < 1.29 is 19.4 Å². The van der Waals surface area contributed by atoms with Crippen LogP contribution in [0, 0.1) is 0 Å². The summed E-state index contributed by atoms with van der Waals surface area (Å²) in [7, 11) is 0. The molecule has 1 amide bonds. The van der Waals surface area contributed by atoms with E-state index in [-0.39, 0.29) is 24.0 Å². The Morgan fingerprint density at radius 3 is 2.64 bits per heavy atom. The lowest BCUT2D eigenvalue weighted by Gasteiger charge is -2.33. The van der Waals surface area contributed by atoms with E-state index in [1.54, 1.807) is 23.1 Å². The molecule has 0 aromatic heterocycles. The third kappa shape index (κ3) is 4.38. The van der Waals surface area contributed by atoms with Gasteiger partial charge in [0.05, 0.1) is 25.1 Å². The molecule has 3 rings (SSSR count). The summed E-state index contributed by atoms with van der Waals surface area (Å²) in [4.78, 5) is 25.2. The molecule has 130 valence electrons. The SMILES string of the molecule is O=C(O)c1ccc(CC(=O)N2CCOC(c3cccc(Cl)c3)C2)cc1. The summed E-state index contributed by atoms with van der Waals surface area (Å²) in [5.41, 5.74) is 1.96. The zero-order chi connectivity index (χ0) is 17.8. The van der Waals surface area contributed by atoms with E-state index in [0.29, 0.717) is 24.7 Å². The van der Waals surface area contributed by atoms with Gasteiger partial charge < -0.3 is 14.7 Å². The van der Waals surface area contributed by atoms with Crippen LogP contribution >= 0.6 is 11.6 Å². The number of hydrogen-bond acceptors (Lipinski definition) is 3. The van der Waals surface area contributed by atoms with E-state index in [4.69, 9.17) is 21.4 Å². The smallest absolute Gasteiger partial charge is 0.335 e. The minimum Gasteiger partial charge on any atom is -0.478 e. The van der Waals surface area contributed by atoms with Crippen molar-refractivity contribution in [2.75, 3.05) is 19.7 Å². The Balaban J connectivity index is 1.64. The quantitative estimate of drug-likeness (QED) is 0.910. The van der Waals surface area contributed by atoms with E-state index in [1.165, 1.54) is 12.1 Å². The molecule has 1 aliphatic heterocycles. The highest BCUT2D eigenvalue weighted by Crippen LogP contribution is 2.25. The number of rotatable bonds is 4. The largest absolute Gasteiger partial charge is 0.478 e. The second kappa shape index (κ2) is 7.68. The summed E-state index contributed by atoms with van der Waals surface area (Å²) in [5.74, 6) is -0.978. The zero-order valence-electron chi connectivity index (χ0n) is 13.5. The molecule has 2 aromatic rings. The lowest BCUT2D eigenvalue weighted by Crippen LogP contribution is -2.43. The summed E-state index contributed by atoms with van der Waals surface area (Å²) in [6.45, 7) is 1.50. The molecule has 5 nitrogen and oxygen atoms in total. The van der Waals surface area contributed by atoms with Crippen LogP contribution in [0.25, 0.3) is 0 Å². The van der Waals surface area contributed by atoms with Crippen LogP contribution in [0.3, 0.4) is 0 Å². The minimum absolute atomic E-state index is 0.00148. The van der Waals surface area contributed by atoms with Gasteiger partial charge in [-0.15, -0.1) is 0 Å². The third-order valence-corrected chi connectivity index (χ3v) is 4.43. The van der Waals surface area contributed by atoms with Gasteiger partial charge in [-0.1, -0.05) is 35.9 Å². The van der Waals surface area contributed by atoms with Gasteiger partial charge >= 0.3 is 5.97 Å². The molecule has 6 heteroatoms. The molecule has 1 N–H and O–H groups in total. The van der Waals surface area contributed by atoms with Crippen molar-refractivity contribution in [2.45, 2.75) is 12.5 Å². The highest BCUT2D eigenvalue weighted by atomic mass is 35.5. The standard InChI is InChI=1S/C19H18ClNO4/c20-16-3-1-2-15(11-16)17-12-21(8-9-25-17)18(22)10-13-4-6-14(7-5-13)19(23)24/h1-7,11,17H,8-10,12H2,(H,23,24). The molecule has 1 aliphatic rings. The van der Waals surface area contributed by atoms with E-state index in [1.807, 2.05) is 18.2 Å². The summed E-state index contributed by atoms with van der Waals surface area (Å²) in [5, 5.41) is 9.56. The fourth-order valence-electron chi connectivity index (χ4n) is 2.84. The lowest BCUT2D eigenvalue weighted by molar-refractivity contribution is -0.138. The van der Waals surface area contributed by atoms with Gasteiger partial charge in [0.15, 0.2) is 0 Å². The highest BCUT2D eigenvalue weighted by molar-refractivity contribution is 6.30. The van der Waals surface area contributed by atoms with Crippen molar-refractivity contribution in [1.82, 2.24) is 4.90 Å². The Morgan fingerprint density at radius 1 is 1.20 bits per heavy atom. The number of aromatic carboxylic acids is 1. The molecule has 0 bridgehead atoms. The number of nitrogens with zero attached hydrogens (tertiary/aromatic N) is 1. The van der Waals surface area contributed by atoms with Crippen LogP contribution < -0.4 is 0 Å². The van der Waals surface area contributed by atoms with Gasteiger partial charge in [-0.3, -0.25) is 4.79 Å². The number of carboxylic acids is 1. The Bertz CT molecular complexity index is 775. The molecule has 1 atom stereocenters. The Morgan fingerprint density at radius 2 is 1.96 bits per heavy atom. The van der Waals surface area contributed by atoms with Gasteiger partial charge in [0.2, 0.25) is 5.91 Å².